The third kappa shape index (κ3) is 5.96. The smallest absolute Gasteiger partial charge is 0.0949 e. The van der Waals surface area contributed by atoms with Crippen LogP contribution < -0.4 is 5.32 Å². The summed E-state index contributed by atoms with van der Waals surface area (Å²) in [5.74, 6) is 0. The minimum atomic E-state index is 0.0966. The lowest BCUT2D eigenvalue weighted by molar-refractivity contribution is 0.0391. The molecule has 0 bridgehead atoms. The molecule has 0 radical (unpaired) electrons. The number of benzene rings is 1. The van der Waals surface area contributed by atoms with Gasteiger partial charge in [0.05, 0.1) is 6.10 Å². The van der Waals surface area contributed by atoms with Gasteiger partial charge in [-0.15, -0.1) is 0 Å². The molecule has 1 unspecified atom stereocenters. The molecule has 0 spiro atoms. The van der Waals surface area contributed by atoms with Gasteiger partial charge in [0.15, 0.2) is 0 Å². The maximum absolute atomic E-state index is 5.92. The first-order valence-corrected chi connectivity index (χ1v) is 7.14. The molecule has 1 N–H and O–H groups in total. The van der Waals surface area contributed by atoms with Gasteiger partial charge in [-0.05, 0) is 30.7 Å². The van der Waals surface area contributed by atoms with Crippen LogP contribution in [0, 0.1) is 0 Å². The molecule has 4 heteroatoms. The first kappa shape index (κ1) is 15.6. The van der Waals surface area contributed by atoms with Crippen LogP contribution in [-0.4, -0.2) is 33.4 Å². The zero-order valence-corrected chi connectivity index (χ0v) is 12.7. The maximum atomic E-state index is 5.92. The van der Waals surface area contributed by atoms with E-state index >= 15 is 0 Å². The predicted octanol–water partition coefficient (Wildman–Crippen LogP) is 3.15. The summed E-state index contributed by atoms with van der Waals surface area (Å²) in [6, 6.07) is 8.27. The molecule has 0 aliphatic rings. The van der Waals surface area contributed by atoms with Crippen LogP contribution in [0.5, 0.6) is 0 Å². The van der Waals surface area contributed by atoms with Gasteiger partial charge < -0.3 is 14.8 Å². The number of hydrogen-bond donors (Lipinski definition) is 1. The Morgan fingerprint density at radius 1 is 1.33 bits per heavy atom. The summed E-state index contributed by atoms with van der Waals surface area (Å²) >= 11 is 3.50. The Kier molecular flexibility index (Phi) is 8.25. The Labute approximate surface area is 118 Å². The molecular formula is C14H22BrNO2. The lowest BCUT2D eigenvalue weighted by atomic mass is 10.1. The molecule has 0 saturated heterocycles. The van der Waals surface area contributed by atoms with Crippen molar-refractivity contribution >= 4 is 15.9 Å². The zero-order chi connectivity index (χ0) is 13.2. The molecule has 0 saturated carbocycles. The van der Waals surface area contributed by atoms with Crippen LogP contribution in [0.1, 0.15) is 25.0 Å². The van der Waals surface area contributed by atoms with Crippen LogP contribution in [0.15, 0.2) is 28.7 Å². The van der Waals surface area contributed by atoms with Crippen molar-refractivity contribution < 1.29 is 9.47 Å². The number of nitrogens with one attached hydrogen (secondary N) is 1. The lowest BCUT2D eigenvalue weighted by Gasteiger charge is -2.19. The number of halogens is 1. The molecule has 1 atom stereocenters. The number of methoxy groups -OCH3 is 1. The monoisotopic (exact) mass is 315 g/mol. The molecule has 1 aromatic carbocycles. The van der Waals surface area contributed by atoms with Crippen molar-refractivity contribution in [2.24, 2.45) is 0 Å². The van der Waals surface area contributed by atoms with Gasteiger partial charge in [0.25, 0.3) is 0 Å². The Hall–Kier alpha value is -0.420. The molecule has 3 nitrogen and oxygen atoms in total. The molecule has 0 fully saturated rings. The van der Waals surface area contributed by atoms with Crippen molar-refractivity contribution in [3.05, 3.63) is 34.3 Å². The molecule has 0 aromatic heterocycles. The van der Waals surface area contributed by atoms with Crippen molar-refractivity contribution in [3.63, 3.8) is 0 Å². The first-order valence-electron chi connectivity index (χ1n) is 6.34. The minimum absolute atomic E-state index is 0.0966. The fourth-order valence-corrected chi connectivity index (χ4v) is 2.10. The largest absolute Gasteiger partial charge is 0.385 e. The van der Waals surface area contributed by atoms with Gasteiger partial charge in [0.2, 0.25) is 0 Å². The fraction of sp³-hybridized carbons (Fsp3) is 0.571. The maximum Gasteiger partial charge on any atom is 0.0949 e. The first-order chi connectivity index (χ1) is 8.77. The molecule has 0 aliphatic heterocycles. The predicted molar refractivity (Wildman–Crippen MR) is 77.9 cm³/mol. The highest BCUT2D eigenvalue weighted by Gasteiger charge is 2.11. The van der Waals surface area contributed by atoms with E-state index in [1.165, 1.54) is 5.56 Å². The fourth-order valence-electron chi connectivity index (χ4n) is 1.68. The van der Waals surface area contributed by atoms with Crippen LogP contribution in [0.25, 0.3) is 0 Å². The summed E-state index contributed by atoms with van der Waals surface area (Å²) in [7, 11) is 1.71. The Morgan fingerprint density at radius 2 is 2.17 bits per heavy atom. The van der Waals surface area contributed by atoms with Gasteiger partial charge >= 0.3 is 0 Å². The van der Waals surface area contributed by atoms with Gasteiger partial charge in [0, 0.05) is 31.3 Å². The molecule has 0 amide bonds. The SMILES string of the molecule is CCNCC(OCCCOC)c1cccc(Br)c1. The van der Waals surface area contributed by atoms with Crippen molar-refractivity contribution in [2.45, 2.75) is 19.4 Å². The van der Waals surface area contributed by atoms with Crippen molar-refractivity contribution in [2.75, 3.05) is 33.4 Å². The Balaban J connectivity index is 2.54. The number of ether oxygens (including phenoxy) is 2. The van der Waals surface area contributed by atoms with Crippen LogP contribution in [0.2, 0.25) is 0 Å². The topological polar surface area (TPSA) is 30.5 Å². The van der Waals surface area contributed by atoms with Crippen molar-refractivity contribution in [3.8, 4) is 0 Å². The summed E-state index contributed by atoms with van der Waals surface area (Å²) < 4.78 is 12.0. The summed E-state index contributed by atoms with van der Waals surface area (Å²) in [5, 5.41) is 3.34. The normalized spacial score (nSPS) is 12.6. The molecule has 1 aromatic rings. The van der Waals surface area contributed by atoms with Crippen LogP contribution >= 0.6 is 15.9 Å². The molecular weight excluding hydrogens is 294 g/mol. The third-order valence-electron chi connectivity index (χ3n) is 2.61. The van der Waals surface area contributed by atoms with Gasteiger partial charge in [-0.3, -0.25) is 0 Å². The van der Waals surface area contributed by atoms with Crippen molar-refractivity contribution in [1.82, 2.24) is 5.32 Å². The van der Waals surface area contributed by atoms with E-state index in [2.05, 4.69) is 40.3 Å². The Bertz CT molecular complexity index is 333. The molecule has 18 heavy (non-hydrogen) atoms. The van der Waals surface area contributed by atoms with Crippen LogP contribution in [0.3, 0.4) is 0 Å². The third-order valence-corrected chi connectivity index (χ3v) is 3.11. The summed E-state index contributed by atoms with van der Waals surface area (Å²) in [4.78, 5) is 0. The van der Waals surface area contributed by atoms with E-state index in [9.17, 15) is 0 Å². The zero-order valence-electron chi connectivity index (χ0n) is 11.1. The highest BCUT2D eigenvalue weighted by molar-refractivity contribution is 9.10. The molecule has 1 rings (SSSR count). The minimum Gasteiger partial charge on any atom is -0.385 e. The van der Waals surface area contributed by atoms with Crippen molar-refractivity contribution in [1.29, 1.82) is 0 Å². The number of likely N-dealkylation sites (N-methyl/N-ethyl adjacent to an activating group) is 1. The molecule has 0 aliphatic carbocycles. The van der Waals surface area contributed by atoms with Gasteiger partial charge in [-0.1, -0.05) is 35.0 Å². The second kappa shape index (κ2) is 9.50. The highest BCUT2D eigenvalue weighted by atomic mass is 79.9. The number of hydrogen-bond acceptors (Lipinski definition) is 3. The lowest BCUT2D eigenvalue weighted by Crippen LogP contribution is -2.23. The van der Waals surface area contributed by atoms with E-state index in [0.717, 1.165) is 37.2 Å². The van der Waals surface area contributed by atoms with E-state index in [-0.39, 0.29) is 6.10 Å². The molecule has 0 heterocycles. The Morgan fingerprint density at radius 3 is 2.83 bits per heavy atom. The van der Waals surface area contributed by atoms with Crippen LogP contribution in [-0.2, 0) is 9.47 Å². The standard InChI is InChI=1S/C14H22BrNO2/c1-3-16-11-14(18-9-5-8-17-2)12-6-4-7-13(15)10-12/h4,6-7,10,14,16H,3,5,8-9,11H2,1-2H3. The summed E-state index contributed by atoms with van der Waals surface area (Å²) in [6.07, 6.45) is 1.02. The van der Waals surface area contributed by atoms with E-state index in [4.69, 9.17) is 9.47 Å². The van der Waals surface area contributed by atoms with E-state index < -0.39 is 0 Å². The van der Waals surface area contributed by atoms with Gasteiger partial charge in [-0.2, -0.15) is 0 Å². The average molecular weight is 316 g/mol. The summed E-state index contributed by atoms with van der Waals surface area (Å²) in [6.45, 7) is 5.34. The number of rotatable bonds is 9. The van der Waals surface area contributed by atoms with Crippen LogP contribution in [0.4, 0.5) is 0 Å². The second-order valence-corrected chi connectivity index (χ2v) is 4.98. The van der Waals surface area contributed by atoms with E-state index in [1.54, 1.807) is 7.11 Å². The van der Waals surface area contributed by atoms with Gasteiger partial charge in [0.1, 0.15) is 0 Å². The molecule has 102 valence electrons. The highest BCUT2D eigenvalue weighted by Crippen LogP contribution is 2.21. The van der Waals surface area contributed by atoms with Gasteiger partial charge in [-0.25, -0.2) is 0 Å². The second-order valence-electron chi connectivity index (χ2n) is 4.07. The van der Waals surface area contributed by atoms with E-state index in [1.807, 2.05) is 12.1 Å². The quantitative estimate of drug-likeness (QED) is 0.710. The van der Waals surface area contributed by atoms with E-state index in [0.29, 0.717) is 0 Å². The average Bonchev–Trinajstić information content (AvgIpc) is 2.38. The summed E-state index contributed by atoms with van der Waals surface area (Å²) in [5.41, 5.74) is 1.20.